The Bertz CT molecular complexity index is 903. The third-order valence-electron chi connectivity index (χ3n) is 7.21. The van der Waals surface area contributed by atoms with Crippen LogP contribution in [0.3, 0.4) is 0 Å². The van der Waals surface area contributed by atoms with Crippen LogP contribution in [0.4, 0.5) is 0 Å². The van der Waals surface area contributed by atoms with Crippen LogP contribution in [0, 0.1) is 11.8 Å². The molecule has 34 heavy (non-hydrogen) atoms. The molecular formula is C25H33BrN2O5S. The van der Waals surface area contributed by atoms with Gasteiger partial charge in [0, 0.05) is 29.8 Å². The molecule has 1 aromatic carbocycles. The van der Waals surface area contributed by atoms with Gasteiger partial charge in [0.05, 0.1) is 23.2 Å². The van der Waals surface area contributed by atoms with Crippen molar-refractivity contribution in [2.75, 3.05) is 19.8 Å². The number of alkyl halides is 1. The molecule has 1 spiro atoms. The number of carbonyl (C=O) groups excluding carboxylic acids is 3. The van der Waals surface area contributed by atoms with Gasteiger partial charge >= 0.3 is 5.97 Å². The number of nitrogens with one attached hydrogen (secondary N) is 1. The zero-order valence-corrected chi connectivity index (χ0v) is 21.9. The van der Waals surface area contributed by atoms with E-state index in [4.69, 9.17) is 9.84 Å². The number of halogens is 1. The molecular weight excluding hydrogens is 520 g/mol. The molecule has 9 heteroatoms. The van der Waals surface area contributed by atoms with Gasteiger partial charge in [0.1, 0.15) is 6.04 Å². The molecule has 7 nitrogen and oxygen atoms in total. The van der Waals surface area contributed by atoms with Crippen LogP contribution in [0.2, 0.25) is 0 Å². The lowest BCUT2D eigenvalue weighted by atomic mass is 9.71. The molecule has 6 atom stereocenters. The average molecular weight is 554 g/mol. The predicted molar refractivity (Wildman–Crippen MR) is 134 cm³/mol. The largest absolute Gasteiger partial charge is 0.466 e. The Labute approximate surface area is 213 Å². The monoisotopic (exact) mass is 552 g/mol. The SMILES string of the molecule is CCOC(=O)[C@H]1[C@@H]2SC3(CC2Br)C(C(=O)NCc2ccccc2)N(CCCCCCO)C(=O)[C@H]13. The Morgan fingerprint density at radius 3 is 2.68 bits per heavy atom. The van der Waals surface area contributed by atoms with Gasteiger partial charge in [-0.1, -0.05) is 59.1 Å². The first-order chi connectivity index (χ1) is 16.4. The minimum Gasteiger partial charge on any atom is -0.466 e. The normalized spacial score (nSPS) is 31.6. The van der Waals surface area contributed by atoms with Crippen LogP contribution in [0.5, 0.6) is 0 Å². The van der Waals surface area contributed by atoms with Crippen LogP contribution in [0.25, 0.3) is 0 Å². The maximum atomic E-state index is 13.8. The molecule has 3 heterocycles. The van der Waals surface area contributed by atoms with E-state index in [1.165, 1.54) is 0 Å². The number of carbonyl (C=O) groups is 3. The van der Waals surface area contributed by atoms with Crippen molar-refractivity contribution in [3.63, 3.8) is 0 Å². The van der Waals surface area contributed by atoms with Crippen LogP contribution in [-0.4, -0.2) is 68.4 Å². The maximum absolute atomic E-state index is 13.8. The lowest BCUT2D eigenvalue weighted by Crippen LogP contribution is -2.54. The topological polar surface area (TPSA) is 95.9 Å². The highest BCUT2D eigenvalue weighted by Gasteiger charge is 2.75. The molecule has 3 aliphatic heterocycles. The fraction of sp³-hybridized carbons (Fsp3) is 0.640. The first kappa shape index (κ1) is 25.5. The molecule has 4 rings (SSSR count). The number of amides is 2. The summed E-state index contributed by atoms with van der Waals surface area (Å²) in [5.74, 6) is -1.68. The predicted octanol–water partition coefficient (Wildman–Crippen LogP) is 2.88. The Morgan fingerprint density at radius 2 is 1.97 bits per heavy atom. The molecule has 186 valence electrons. The van der Waals surface area contributed by atoms with Gasteiger partial charge in [-0.2, -0.15) is 0 Å². The fourth-order valence-corrected chi connectivity index (χ4v) is 9.41. The van der Waals surface area contributed by atoms with Crippen molar-refractivity contribution in [3.8, 4) is 0 Å². The van der Waals surface area contributed by atoms with E-state index in [1.54, 1.807) is 23.6 Å². The number of likely N-dealkylation sites (tertiary alicyclic amines) is 1. The Hall–Kier alpha value is -1.58. The first-order valence-corrected chi connectivity index (χ1v) is 14.0. The summed E-state index contributed by atoms with van der Waals surface area (Å²) in [6.07, 6.45) is 3.91. The van der Waals surface area contributed by atoms with Gasteiger partial charge in [0.15, 0.2) is 0 Å². The zero-order valence-electron chi connectivity index (χ0n) is 19.5. The fourth-order valence-electron chi connectivity index (χ4n) is 5.81. The van der Waals surface area contributed by atoms with Gasteiger partial charge in [-0.15, -0.1) is 11.8 Å². The van der Waals surface area contributed by atoms with E-state index in [-0.39, 0.29) is 41.1 Å². The summed E-state index contributed by atoms with van der Waals surface area (Å²) >= 11 is 5.37. The lowest BCUT2D eigenvalue weighted by Gasteiger charge is -2.35. The summed E-state index contributed by atoms with van der Waals surface area (Å²) in [7, 11) is 0. The highest BCUT2D eigenvalue weighted by Crippen LogP contribution is 2.67. The molecule has 2 amide bonds. The van der Waals surface area contributed by atoms with E-state index in [0.29, 0.717) is 19.5 Å². The molecule has 3 fully saturated rings. The molecule has 2 bridgehead atoms. The van der Waals surface area contributed by atoms with Crippen molar-refractivity contribution in [1.82, 2.24) is 10.2 Å². The number of ether oxygens (including phenoxy) is 1. The molecule has 3 saturated heterocycles. The molecule has 0 aromatic heterocycles. The van der Waals surface area contributed by atoms with Gasteiger partial charge in [0.25, 0.3) is 0 Å². The number of nitrogens with zero attached hydrogens (tertiary/aromatic N) is 1. The van der Waals surface area contributed by atoms with Crippen LogP contribution in [-0.2, 0) is 25.7 Å². The van der Waals surface area contributed by atoms with E-state index in [1.807, 2.05) is 30.3 Å². The minimum absolute atomic E-state index is 0.0462. The third-order valence-corrected chi connectivity index (χ3v) is 10.4. The number of esters is 1. The summed E-state index contributed by atoms with van der Waals surface area (Å²) in [6, 6.07) is 9.09. The Kier molecular flexibility index (Phi) is 8.25. The second-order valence-corrected chi connectivity index (χ2v) is 12.0. The van der Waals surface area contributed by atoms with E-state index >= 15 is 0 Å². The van der Waals surface area contributed by atoms with Crippen molar-refractivity contribution in [2.45, 2.75) is 66.4 Å². The molecule has 0 saturated carbocycles. The van der Waals surface area contributed by atoms with Gasteiger partial charge in [-0.05, 0) is 31.7 Å². The highest BCUT2D eigenvalue weighted by atomic mass is 79.9. The number of rotatable bonds is 11. The van der Waals surface area contributed by atoms with E-state index < -0.39 is 22.6 Å². The van der Waals surface area contributed by atoms with Crippen LogP contribution in [0.1, 0.15) is 44.6 Å². The number of benzene rings is 1. The van der Waals surface area contributed by atoms with Crippen molar-refractivity contribution < 1.29 is 24.2 Å². The third kappa shape index (κ3) is 4.63. The summed E-state index contributed by atoms with van der Waals surface area (Å²) in [5, 5.41) is 12.0. The maximum Gasteiger partial charge on any atom is 0.310 e. The Morgan fingerprint density at radius 1 is 1.24 bits per heavy atom. The van der Waals surface area contributed by atoms with E-state index in [9.17, 15) is 14.4 Å². The zero-order chi connectivity index (χ0) is 24.3. The highest BCUT2D eigenvalue weighted by molar-refractivity contribution is 9.09. The standard InChI is InChI=1S/C25H33BrN2O5S/c1-2-33-24(32)18-19-23(31)28(12-8-3-4-9-13-29)21(25(19)14-17(26)20(18)34-25)22(30)27-15-16-10-6-5-7-11-16/h5-7,10-11,17-21,29H,2-4,8-9,12-15H2,1H3,(H,27,30)/t17?,18-,19+,20-,21?,25?/m1/s1. The van der Waals surface area contributed by atoms with Crippen LogP contribution in [0.15, 0.2) is 30.3 Å². The summed E-state index contributed by atoms with van der Waals surface area (Å²) in [4.78, 5) is 42.2. The van der Waals surface area contributed by atoms with Crippen LogP contribution >= 0.6 is 27.7 Å². The second-order valence-electron chi connectivity index (χ2n) is 9.29. The molecule has 2 N–H and O–H groups in total. The number of hydrogen-bond acceptors (Lipinski definition) is 6. The van der Waals surface area contributed by atoms with Crippen molar-refractivity contribution in [1.29, 1.82) is 0 Å². The molecule has 0 aliphatic carbocycles. The van der Waals surface area contributed by atoms with Gasteiger partial charge in [-0.25, -0.2) is 0 Å². The number of aliphatic hydroxyl groups excluding tert-OH is 1. The quantitative estimate of drug-likeness (QED) is 0.249. The Balaban J connectivity index is 1.59. The van der Waals surface area contributed by atoms with Crippen LogP contribution < -0.4 is 5.32 Å². The second kappa shape index (κ2) is 11.0. The molecule has 3 unspecified atom stereocenters. The van der Waals surface area contributed by atoms with Gasteiger partial charge in [0.2, 0.25) is 11.8 Å². The van der Waals surface area contributed by atoms with Gasteiger partial charge in [-0.3, -0.25) is 14.4 Å². The molecule has 0 radical (unpaired) electrons. The summed E-state index contributed by atoms with van der Waals surface area (Å²) in [5.41, 5.74) is 0.996. The number of unbranched alkanes of at least 4 members (excludes halogenated alkanes) is 3. The average Bonchev–Trinajstić information content (AvgIpc) is 3.42. The van der Waals surface area contributed by atoms with Crippen molar-refractivity contribution in [2.24, 2.45) is 11.8 Å². The van der Waals surface area contributed by atoms with Gasteiger partial charge < -0.3 is 20.1 Å². The lowest BCUT2D eigenvalue weighted by molar-refractivity contribution is -0.153. The molecule has 1 aromatic rings. The number of hydrogen-bond donors (Lipinski definition) is 2. The first-order valence-electron chi connectivity index (χ1n) is 12.2. The van der Waals surface area contributed by atoms with Crippen molar-refractivity contribution in [3.05, 3.63) is 35.9 Å². The number of aliphatic hydroxyl groups is 1. The summed E-state index contributed by atoms with van der Waals surface area (Å²) in [6.45, 7) is 3.06. The minimum atomic E-state index is -0.640. The number of thioether (sulfide) groups is 1. The smallest absolute Gasteiger partial charge is 0.310 e. The van der Waals surface area contributed by atoms with Crippen molar-refractivity contribution >= 4 is 45.5 Å². The number of fused-ring (bicyclic) bond motifs is 1. The molecule has 3 aliphatic rings. The van der Waals surface area contributed by atoms with E-state index in [2.05, 4.69) is 21.2 Å². The summed E-state index contributed by atoms with van der Waals surface area (Å²) < 4.78 is 4.73. The van der Waals surface area contributed by atoms with E-state index in [0.717, 1.165) is 31.2 Å².